The van der Waals surface area contributed by atoms with Crippen molar-refractivity contribution in [2.45, 2.75) is 41.2 Å². The summed E-state index contributed by atoms with van der Waals surface area (Å²) >= 11 is 0. The number of aldehydes is 1. The Morgan fingerprint density at radius 3 is 2.20 bits per heavy atom. The van der Waals surface area contributed by atoms with E-state index in [-0.39, 0.29) is 0 Å². The molecule has 1 heterocycles. The molecule has 0 spiro atoms. The highest BCUT2D eigenvalue weighted by Crippen LogP contribution is 2.34. The van der Waals surface area contributed by atoms with Gasteiger partial charge in [-0.25, -0.2) is 4.68 Å². The topological polar surface area (TPSA) is 60.9 Å². The predicted molar refractivity (Wildman–Crippen MR) is 82.1 cm³/mol. The molecular weight excluding hydrogens is 250 g/mol. The fourth-order valence-corrected chi connectivity index (χ4v) is 2.60. The van der Waals surface area contributed by atoms with E-state index in [1.807, 2.05) is 6.92 Å². The minimum absolute atomic E-state index is 0.440. The van der Waals surface area contributed by atoms with E-state index in [1.54, 1.807) is 4.68 Å². The van der Waals surface area contributed by atoms with Crippen molar-refractivity contribution in [1.29, 1.82) is 0 Å². The highest BCUT2D eigenvalue weighted by molar-refractivity contribution is 5.93. The first-order chi connectivity index (χ1) is 9.42. The molecule has 0 atom stereocenters. The van der Waals surface area contributed by atoms with Crippen LogP contribution in [0.1, 0.15) is 39.5 Å². The van der Waals surface area contributed by atoms with Gasteiger partial charge in [0.25, 0.3) is 0 Å². The molecular formula is C16H21N3O. The number of nitrogen functional groups attached to an aromatic ring is 1. The molecule has 0 aliphatic rings. The summed E-state index contributed by atoms with van der Waals surface area (Å²) in [5, 5.41) is 4.53. The van der Waals surface area contributed by atoms with E-state index in [0.717, 1.165) is 23.0 Å². The Kier molecular flexibility index (Phi) is 3.66. The Morgan fingerprint density at radius 1 is 1.20 bits per heavy atom. The van der Waals surface area contributed by atoms with E-state index in [2.05, 4.69) is 38.9 Å². The zero-order chi connectivity index (χ0) is 15.0. The molecule has 20 heavy (non-hydrogen) atoms. The van der Waals surface area contributed by atoms with Gasteiger partial charge in [-0.15, -0.1) is 0 Å². The lowest BCUT2D eigenvalue weighted by molar-refractivity contribution is 0.112. The quantitative estimate of drug-likeness (QED) is 0.872. The van der Waals surface area contributed by atoms with Crippen molar-refractivity contribution < 1.29 is 4.79 Å². The molecule has 1 aromatic heterocycles. The number of carbonyl (C=O) groups is 1. The van der Waals surface area contributed by atoms with Crippen LogP contribution in [-0.2, 0) is 6.54 Å². The lowest BCUT2D eigenvalue weighted by atomic mass is 9.91. The molecule has 2 rings (SSSR count). The second kappa shape index (κ2) is 5.12. The number of nitrogens with zero attached hydrogens (tertiary/aromatic N) is 2. The molecule has 0 aliphatic heterocycles. The van der Waals surface area contributed by atoms with Crippen LogP contribution in [0.3, 0.4) is 0 Å². The summed E-state index contributed by atoms with van der Waals surface area (Å²) in [5.41, 5.74) is 12.9. The molecule has 4 nitrogen and oxygen atoms in total. The van der Waals surface area contributed by atoms with Crippen molar-refractivity contribution in [3.63, 3.8) is 0 Å². The number of hydrogen-bond acceptors (Lipinski definition) is 3. The Balaban J connectivity index is 2.85. The van der Waals surface area contributed by atoms with Gasteiger partial charge in [0.1, 0.15) is 11.5 Å². The normalized spacial score (nSPS) is 10.8. The highest BCUT2D eigenvalue weighted by atomic mass is 16.1. The van der Waals surface area contributed by atoms with Gasteiger partial charge in [0, 0.05) is 12.1 Å². The smallest absolute Gasteiger partial charge is 0.156 e. The van der Waals surface area contributed by atoms with Gasteiger partial charge < -0.3 is 5.73 Å². The first kappa shape index (κ1) is 14.3. The number of aryl methyl sites for hydroxylation is 3. The lowest BCUT2D eigenvalue weighted by Gasteiger charge is -2.14. The van der Waals surface area contributed by atoms with Gasteiger partial charge in [-0.1, -0.05) is 6.07 Å². The molecule has 0 bridgehead atoms. The van der Waals surface area contributed by atoms with Crippen LogP contribution in [0.15, 0.2) is 6.07 Å². The summed E-state index contributed by atoms with van der Waals surface area (Å²) < 4.78 is 1.68. The third kappa shape index (κ3) is 2.01. The molecule has 4 heteroatoms. The fourth-order valence-electron chi connectivity index (χ4n) is 2.60. The summed E-state index contributed by atoms with van der Waals surface area (Å²) in [4.78, 5) is 11.4. The van der Waals surface area contributed by atoms with Crippen LogP contribution in [0, 0.1) is 27.7 Å². The van der Waals surface area contributed by atoms with Crippen LogP contribution < -0.4 is 5.73 Å². The van der Waals surface area contributed by atoms with E-state index in [1.165, 1.54) is 11.1 Å². The standard InChI is InChI=1S/C16H21N3O/c1-6-19-16(17)13(8-20)15(18-19)14-11(4)9(2)7-10(3)12(14)5/h7-8H,6,17H2,1-5H3. The van der Waals surface area contributed by atoms with Crippen molar-refractivity contribution >= 4 is 12.1 Å². The van der Waals surface area contributed by atoms with Crippen LogP contribution in [-0.4, -0.2) is 16.1 Å². The van der Waals surface area contributed by atoms with Gasteiger partial charge in [-0.3, -0.25) is 4.79 Å². The molecule has 0 amide bonds. The SMILES string of the molecule is CCn1nc(-c2c(C)c(C)cc(C)c2C)c(C=O)c1N. The highest BCUT2D eigenvalue weighted by Gasteiger charge is 2.20. The maximum absolute atomic E-state index is 11.4. The van der Waals surface area contributed by atoms with Crippen LogP contribution in [0.25, 0.3) is 11.3 Å². The van der Waals surface area contributed by atoms with Gasteiger partial charge in [-0.05, 0) is 56.9 Å². The number of carbonyl (C=O) groups excluding carboxylic acids is 1. The first-order valence-corrected chi connectivity index (χ1v) is 6.81. The van der Waals surface area contributed by atoms with Crippen molar-refractivity contribution in [3.05, 3.63) is 33.9 Å². The van der Waals surface area contributed by atoms with Gasteiger partial charge in [0.2, 0.25) is 0 Å². The van der Waals surface area contributed by atoms with Gasteiger partial charge in [-0.2, -0.15) is 5.10 Å². The van der Waals surface area contributed by atoms with Crippen LogP contribution in [0.5, 0.6) is 0 Å². The summed E-state index contributed by atoms with van der Waals surface area (Å²) in [6.07, 6.45) is 0.806. The van der Waals surface area contributed by atoms with E-state index >= 15 is 0 Å². The van der Waals surface area contributed by atoms with E-state index < -0.39 is 0 Å². The van der Waals surface area contributed by atoms with Gasteiger partial charge >= 0.3 is 0 Å². The summed E-state index contributed by atoms with van der Waals surface area (Å²) in [5.74, 6) is 0.440. The van der Waals surface area contributed by atoms with Crippen LogP contribution in [0.4, 0.5) is 5.82 Å². The minimum Gasteiger partial charge on any atom is -0.383 e. The Morgan fingerprint density at radius 2 is 1.75 bits per heavy atom. The van der Waals surface area contributed by atoms with Crippen molar-refractivity contribution in [2.24, 2.45) is 0 Å². The predicted octanol–water partition coefficient (Wildman–Crippen LogP) is 3.20. The monoisotopic (exact) mass is 271 g/mol. The minimum atomic E-state index is 0.440. The molecule has 2 N–H and O–H groups in total. The maximum atomic E-state index is 11.4. The first-order valence-electron chi connectivity index (χ1n) is 6.81. The lowest BCUT2D eigenvalue weighted by Crippen LogP contribution is -2.02. The number of anilines is 1. The van der Waals surface area contributed by atoms with Crippen molar-refractivity contribution in [1.82, 2.24) is 9.78 Å². The van der Waals surface area contributed by atoms with Crippen LogP contribution >= 0.6 is 0 Å². The molecule has 0 aliphatic carbocycles. The summed E-state index contributed by atoms with van der Waals surface area (Å²) in [7, 11) is 0. The molecule has 0 unspecified atom stereocenters. The van der Waals surface area contributed by atoms with Crippen molar-refractivity contribution in [3.8, 4) is 11.3 Å². The number of rotatable bonds is 3. The largest absolute Gasteiger partial charge is 0.383 e. The molecule has 2 aromatic rings. The zero-order valence-electron chi connectivity index (χ0n) is 12.7. The molecule has 0 radical (unpaired) electrons. The second-order valence-electron chi connectivity index (χ2n) is 5.22. The van der Waals surface area contributed by atoms with Gasteiger partial charge in [0.05, 0.1) is 5.56 Å². The van der Waals surface area contributed by atoms with Gasteiger partial charge in [0.15, 0.2) is 6.29 Å². The molecule has 0 saturated carbocycles. The van der Waals surface area contributed by atoms with Crippen LogP contribution in [0.2, 0.25) is 0 Å². The van der Waals surface area contributed by atoms with E-state index in [9.17, 15) is 4.79 Å². The molecule has 106 valence electrons. The Bertz CT molecular complexity index is 658. The van der Waals surface area contributed by atoms with E-state index in [0.29, 0.717) is 23.6 Å². The molecule has 0 fully saturated rings. The summed E-state index contributed by atoms with van der Waals surface area (Å²) in [6, 6.07) is 2.16. The zero-order valence-corrected chi connectivity index (χ0v) is 12.7. The van der Waals surface area contributed by atoms with E-state index in [4.69, 9.17) is 5.73 Å². The number of nitrogens with two attached hydrogens (primary N) is 1. The number of benzene rings is 1. The number of hydrogen-bond donors (Lipinski definition) is 1. The molecule has 1 aromatic carbocycles. The maximum Gasteiger partial charge on any atom is 0.156 e. The number of aromatic nitrogens is 2. The second-order valence-corrected chi connectivity index (χ2v) is 5.22. The average Bonchev–Trinajstić information content (AvgIpc) is 2.73. The van der Waals surface area contributed by atoms with Crippen molar-refractivity contribution in [2.75, 3.05) is 5.73 Å². The third-order valence-corrected chi connectivity index (χ3v) is 4.05. The third-order valence-electron chi connectivity index (χ3n) is 4.05. The molecule has 0 saturated heterocycles. The fraction of sp³-hybridized carbons (Fsp3) is 0.375. The average molecular weight is 271 g/mol. The Hall–Kier alpha value is -2.10. The summed E-state index contributed by atoms with van der Waals surface area (Å²) in [6.45, 7) is 10.9. The Labute approximate surface area is 119 Å².